The summed E-state index contributed by atoms with van der Waals surface area (Å²) in [5.74, 6) is 0. The number of anilines is 2. The van der Waals surface area contributed by atoms with E-state index in [1.165, 1.54) is 27.9 Å². The first-order valence-electron chi connectivity index (χ1n) is 10.7. The van der Waals surface area contributed by atoms with E-state index in [0.717, 1.165) is 37.1 Å². The van der Waals surface area contributed by atoms with Gasteiger partial charge < -0.3 is 9.80 Å². The molecule has 3 aromatic rings. The Kier molecular flexibility index (Phi) is 5.66. The molecular weight excluding hydrogens is 354 g/mol. The normalized spacial score (nSPS) is 15.1. The van der Waals surface area contributed by atoms with Crippen LogP contribution in [0.2, 0.25) is 0 Å². The predicted octanol–water partition coefficient (Wildman–Crippen LogP) is 6.68. The molecule has 5 rings (SSSR count). The van der Waals surface area contributed by atoms with E-state index in [2.05, 4.69) is 89.8 Å². The number of rotatable bonds is 3. The molecule has 0 N–H and O–H groups in total. The van der Waals surface area contributed by atoms with E-state index in [1.807, 2.05) is 13.8 Å². The van der Waals surface area contributed by atoms with Crippen molar-refractivity contribution >= 4 is 22.3 Å². The Labute approximate surface area is 174 Å². The van der Waals surface area contributed by atoms with Gasteiger partial charge in [-0.05, 0) is 49.6 Å². The molecule has 0 saturated heterocycles. The third-order valence-corrected chi connectivity index (χ3v) is 5.52. The van der Waals surface area contributed by atoms with Crippen LogP contribution in [0.4, 0.5) is 11.4 Å². The molecule has 0 spiro atoms. The Balaban J connectivity index is 0.000000994. The summed E-state index contributed by atoms with van der Waals surface area (Å²) in [5.41, 5.74) is 7.12. The zero-order valence-electron chi connectivity index (χ0n) is 17.6. The standard InChI is InChI=1S/C24H23N3.C2H6/c1-18-21(23-11-10-19-8-2-3-9-22(19)25-23)16-20(26-12-4-5-13-26)17-24(18)27-14-6-7-15-27;1-2/h2-4,6,8-12,14,16-17H,5,7,13,15H2,1H3;1-2H3. The van der Waals surface area contributed by atoms with Gasteiger partial charge in [0, 0.05) is 47.8 Å². The van der Waals surface area contributed by atoms with Gasteiger partial charge in [-0.3, -0.25) is 0 Å². The summed E-state index contributed by atoms with van der Waals surface area (Å²) in [6.45, 7) is 8.31. The van der Waals surface area contributed by atoms with Crippen molar-refractivity contribution in [2.75, 3.05) is 22.9 Å². The minimum atomic E-state index is 1.04. The molecular formula is C26H29N3. The molecule has 3 nitrogen and oxygen atoms in total. The maximum Gasteiger partial charge on any atom is 0.0713 e. The molecule has 0 atom stereocenters. The molecule has 0 radical (unpaired) electrons. The molecule has 0 amide bonds. The third-order valence-electron chi connectivity index (χ3n) is 5.52. The molecule has 0 fully saturated rings. The first-order chi connectivity index (χ1) is 14.3. The van der Waals surface area contributed by atoms with Crippen LogP contribution in [0.3, 0.4) is 0 Å². The fourth-order valence-corrected chi connectivity index (χ4v) is 4.03. The van der Waals surface area contributed by atoms with Crippen LogP contribution in [0.1, 0.15) is 32.3 Å². The molecule has 1 aromatic heterocycles. The molecule has 3 heteroatoms. The second-order valence-electron chi connectivity index (χ2n) is 7.26. The number of fused-ring (bicyclic) bond motifs is 1. The van der Waals surface area contributed by atoms with Crippen molar-refractivity contribution in [3.05, 3.63) is 78.6 Å². The number of hydrogen-bond donors (Lipinski definition) is 0. The van der Waals surface area contributed by atoms with Gasteiger partial charge in [0.15, 0.2) is 0 Å². The molecule has 3 heterocycles. The predicted molar refractivity (Wildman–Crippen MR) is 125 cm³/mol. The van der Waals surface area contributed by atoms with Gasteiger partial charge in [0.05, 0.1) is 11.2 Å². The zero-order chi connectivity index (χ0) is 20.2. The van der Waals surface area contributed by atoms with E-state index in [1.54, 1.807) is 0 Å². The summed E-state index contributed by atoms with van der Waals surface area (Å²) in [4.78, 5) is 9.67. The SMILES string of the molecule is CC.Cc1c(-c2ccc3ccccc3n2)cc(N2C=CCC2)cc1N1C=CCC1. The minimum absolute atomic E-state index is 1.04. The van der Waals surface area contributed by atoms with Crippen molar-refractivity contribution in [3.8, 4) is 11.3 Å². The molecule has 0 saturated carbocycles. The maximum absolute atomic E-state index is 4.97. The molecule has 148 valence electrons. The number of nitrogens with zero attached hydrogens (tertiary/aromatic N) is 3. The second kappa shape index (κ2) is 8.52. The van der Waals surface area contributed by atoms with Gasteiger partial charge in [0.2, 0.25) is 0 Å². The topological polar surface area (TPSA) is 19.4 Å². The van der Waals surface area contributed by atoms with E-state index < -0.39 is 0 Å². The second-order valence-corrected chi connectivity index (χ2v) is 7.26. The van der Waals surface area contributed by atoms with Crippen LogP contribution >= 0.6 is 0 Å². The molecule has 29 heavy (non-hydrogen) atoms. The van der Waals surface area contributed by atoms with E-state index in [9.17, 15) is 0 Å². The van der Waals surface area contributed by atoms with Gasteiger partial charge in [-0.15, -0.1) is 0 Å². The van der Waals surface area contributed by atoms with E-state index >= 15 is 0 Å². The summed E-state index contributed by atoms with van der Waals surface area (Å²) in [7, 11) is 0. The molecule has 2 aliphatic heterocycles. The van der Waals surface area contributed by atoms with Crippen LogP contribution in [0.25, 0.3) is 22.2 Å². The lowest BCUT2D eigenvalue weighted by molar-refractivity contribution is 0.979. The van der Waals surface area contributed by atoms with Gasteiger partial charge >= 0.3 is 0 Å². The summed E-state index contributed by atoms with van der Waals surface area (Å²) in [6.07, 6.45) is 11.1. The average Bonchev–Trinajstić information content (AvgIpc) is 3.49. The van der Waals surface area contributed by atoms with Crippen molar-refractivity contribution in [1.29, 1.82) is 0 Å². The highest BCUT2D eigenvalue weighted by atomic mass is 15.1. The Morgan fingerprint density at radius 1 is 0.828 bits per heavy atom. The average molecular weight is 384 g/mol. The van der Waals surface area contributed by atoms with Crippen molar-refractivity contribution < 1.29 is 0 Å². The highest BCUT2D eigenvalue weighted by molar-refractivity contribution is 5.85. The first-order valence-corrected chi connectivity index (χ1v) is 10.7. The van der Waals surface area contributed by atoms with Crippen LogP contribution in [0, 0.1) is 6.92 Å². The summed E-state index contributed by atoms with van der Waals surface area (Å²) < 4.78 is 0. The first kappa shape index (κ1) is 19.3. The Morgan fingerprint density at radius 3 is 2.28 bits per heavy atom. The number of pyridine rings is 1. The van der Waals surface area contributed by atoms with Crippen molar-refractivity contribution in [1.82, 2.24) is 4.98 Å². The van der Waals surface area contributed by atoms with Crippen LogP contribution in [0.15, 0.2) is 73.1 Å². The monoisotopic (exact) mass is 383 g/mol. The summed E-state index contributed by atoms with van der Waals surface area (Å²) >= 11 is 0. The summed E-state index contributed by atoms with van der Waals surface area (Å²) in [6, 6.07) is 17.3. The highest BCUT2D eigenvalue weighted by Gasteiger charge is 2.18. The molecule has 0 bridgehead atoms. The van der Waals surface area contributed by atoms with Gasteiger partial charge in [-0.25, -0.2) is 4.98 Å². The van der Waals surface area contributed by atoms with Crippen LogP contribution in [-0.4, -0.2) is 18.1 Å². The van der Waals surface area contributed by atoms with Crippen LogP contribution in [-0.2, 0) is 0 Å². The van der Waals surface area contributed by atoms with E-state index in [4.69, 9.17) is 4.98 Å². The fourth-order valence-electron chi connectivity index (χ4n) is 4.03. The van der Waals surface area contributed by atoms with Gasteiger partial charge in [-0.2, -0.15) is 0 Å². The largest absolute Gasteiger partial charge is 0.348 e. The van der Waals surface area contributed by atoms with Gasteiger partial charge in [-0.1, -0.05) is 50.3 Å². The lowest BCUT2D eigenvalue weighted by Crippen LogP contribution is -2.17. The molecule has 2 aliphatic rings. The Hall–Kier alpha value is -3.07. The number of aromatic nitrogens is 1. The molecule has 2 aromatic carbocycles. The van der Waals surface area contributed by atoms with Crippen LogP contribution < -0.4 is 9.80 Å². The Morgan fingerprint density at radius 2 is 1.55 bits per heavy atom. The van der Waals surface area contributed by atoms with Gasteiger partial charge in [0.25, 0.3) is 0 Å². The third kappa shape index (κ3) is 3.77. The molecule has 0 unspecified atom stereocenters. The lowest BCUT2D eigenvalue weighted by Gasteiger charge is -2.25. The zero-order valence-corrected chi connectivity index (χ0v) is 17.6. The van der Waals surface area contributed by atoms with E-state index in [0.29, 0.717) is 0 Å². The van der Waals surface area contributed by atoms with Gasteiger partial charge in [0.1, 0.15) is 0 Å². The number of benzene rings is 2. The summed E-state index contributed by atoms with van der Waals surface area (Å²) in [5, 5.41) is 1.18. The van der Waals surface area contributed by atoms with Crippen molar-refractivity contribution in [2.24, 2.45) is 0 Å². The van der Waals surface area contributed by atoms with Crippen molar-refractivity contribution in [2.45, 2.75) is 33.6 Å². The van der Waals surface area contributed by atoms with Crippen molar-refractivity contribution in [3.63, 3.8) is 0 Å². The minimum Gasteiger partial charge on any atom is -0.348 e. The lowest BCUT2D eigenvalue weighted by atomic mass is 10.00. The number of hydrogen-bond acceptors (Lipinski definition) is 3. The van der Waals surface area contributed by atoms with Crippen LogP contribution in [0.5, 0.6) is 0 Å². The quantitative estimate of drug-likeness (QED) is 0.502. The highest BCUT2D eigenvalue weighted by Crippen LogP contribution is 2.37. The molecule has 0 aliphatic carbocycles. The van der Waals surface area contributed by atoms with E-state index in [-0.39, 0.29) is 0 Å². The number of para-hydroxylation sites is 1. The Bertz CT molecular complexity index is 1060. The smallest absolute Gasteiger partial charge is 0.0713 e. The fraction of sp³-hybridized carbons (Fsp3) is 0.269. The maximum atomic E-state index is 4.97.